The van der Waals surface area contributed by atoms with Crippen LogP contribution in [0.25, 0.3) is 0 Å². The summed E-state index contributed by atoms with van der Waals surface area (Å²) in [5.41, 5.74) is 0.232. The average molecular weight is 164 g/mol. The lowest BCUT2D eigenvalue weighted by Gasteiger charge is -2.30. The second-order valence-corrected chi connectivity index (χ2v) is 3.51. The molecule has 0 aromatic heterocycles. The number of hydrogen-bond acceptors (Lipinski definition) is 1. The second-order valence-electron chi connectivity index (χ2n) is 3.51. The summed E-state index contributed by atoms with van der Waals surface area (Å²) in [7, 11) is 0. The van der Waals surface area contributed by atoms with Crippen LogP contribution in [-0.4, -0.2) is 5.78 Å². The molecule has 1 aliphatic carbocycles. The van der Waals surface area contributed by atoms with E-state index in [0.29, 0.717) is 6.42 Å². The van der Waals surface area contributed by atoms with E-state index in [4.69, 9.17) is 0 Å². The van der Waals surface area contributed by atoms with Gasteiger partial charge in [-0.1, -0.05) is 19.1 Å². The standard InChI is InChI=1S/C11H16O/c1-3-7-11(4-2)8-5-10(12)6-9-11/h3,5,8H,1,4,6-7,9H2,2H3/t11-/m0/s1. The first-order chi connectivity index (χ1) is 5.72. The molecule has 0 bridgehead atoms. The van der Waals surface area contributed by atoms with Crippen LogP contribution >= 0.6 is 0 Å². The van der Waals surface area contributed by atoms with Gasteiger partial charge in [-0.3, -0.25) is 4.79 Å². The first-order valence-electron chi connectivity index (χ1n) is 4.55. The summed E-state index contributed by atoms with van der Waals surface area (Å²) in [5.74, 6) is 0.267. The molecule has 0 spiro atoms. The smallest absolute Gasteiger partial charge is 0.155 e. The van der Waals surface area contributed by atoms with Crippen molar-refractivity contribution in [3.05, 3.63) is 24.8 Å². The molecule has 1 aliphatic rings. The van der Waals surface area contributed by atoms with E-state index in [1.54, 1.807) is 6.08 Å². The quantitative estimate of drug-likeness (QED) is 0.586. The monoisotopic (exact) mass is 164 g/mol. The zero-order chi connectivity index (χ0) is 9.03. The van der Waals surface area contributed by atoms with E-state index in [-0.39, 0.29) is 11.2 Å². The lowest BCUT2D eigenvalue weighted by molar-refractivity contribution is -0.115. The molecule has 1 rings (SSSR count). The molecule has 0 aromatic carbocycles. The van der Waals surface area contributed by atoms with Crippen molar-refractivity contribution < 1.29 is 4.79 Å². The lowest BCUT2D eigenvalue weighted by atomic mass is 9.74. The van der Waals surface area contributed by atoms with Crippen molar-refractivity contribution in [2.75, 3.05) is 0 Å². The van der Waals surface area contributed by atoms with Crippen molar-refractivity contribution in [3.63, 3.8) is 0 Å². The minimum absolute atomic E-state index is 0.232. The SMILES string of the molecule is C=CC[C@@]1(CC)C=CC(=O)CC1. The molecule has 1 heteroatoms. The highest BCUT2D eigenvalue weighted by Gasteiger charge is 2.27. The van der Waals surface area contributed by atoms with Crippen LogP contribution in [0.5, 0.6) is 0 Å². The minimum Gasteiger partial charge on any atom is -0.295 e. The van der Waals surface area contributed by atoms with E-state index in [9.17, 15) is 4.79 Å². The zero-order valence-corrected chi connectivity index (χ0v) is 7.68. The zero-order valence-electron chi connectivity index (χ0n) is 7.68. The van der Waals surface area contributed by atoms with Crippen LogP contribution in [0.1, 0.15) is 32.6 Å². The van der Waals surface area contributed by atoms with Crippen molar-refractivity contribution in [3.8, 4) is 0 Å². The summed E-state index contributed by atoms with van der Waals surface area (Å²) in [6.45, 7) is 5.92. The van der Waals surface area contributed by atoms with Gasteiger partial charge in [0, 0.05) is 6.42 Å². The largest absolute Gasteiger partial charge is 0.295 e. The van der Waals surface area contributed by atoms with Gasteiger partial charge in [0.15, 0.2) is 5.78 Å². The molecule has 1 nitrogen and oxygen atoms in total. The van der Waals surface area contributed by atoms with Crippen molar-refractivity contribution in [2.45, 2.75) is 32.6 Å². The number of carbonyl (C=O) groups is 1. The van der Waals surface area contributed by atoms with E-state index < -0.39 is 0 Å². The van der Waals surface area contributed by atoms with Crippen LogP contribution in [0.15, 0.2) is 24.8 Å². The molecule has 0 amide bonds. The summed E-state index contributed by atoms with van der Waals surface area (Å²) in [6, 6.07) is 0. The third kappa shape index (κ3) is 1.84. The predicted octanol–water partition coefficient (Wildman–Crippen LogP) is 2.88. The molecule has 0 unspecified atom stereocenters. The Morgan fingerprint density at radius 3 is 2.92 bits per heavy atom. The highest BCUT2D eigenvalue weighted by atomic mass is 16.1. The average Bonchev–Trinajstić information content (AvgIpc) is 2.10. The fraction of sp³-hybridized carbons (Fsp3) is 0.545. The lowest BCUT2D eigenvalue weighted by Crippen LogP contribution is -2.21. The maximum absolute atomic E-state index is 11.0. The molecule has 0 aromatic rings. The maximum Gasteiger partial charge on any atom is 0.155 e. The van der Waals surface area contributed by atoms with Crippen LogP contribution < -0.4 is 0 Å². The third-order valence-corrected chi connectivity index (χ3v) is 2.75. The third-order valence-electron chi connectivity index (χ3n) is 2.75. The van der Waals surface area contributed by atoms with Crippen LogP contribution in [0, 0.1) is 5.41 Å². The summed E-state index contributed by atoms with van der Waals surface area (Å²) in [4.78, 5) is 11.0. The predicted molar refractivity (Wildman–Crippen MR) is 50.9 cm³/mol. The molecular formula is C11H16O. The van der Waals surface area contributed by atoms with Gasteiger partial charge in [-0.15, -0.1) is 6.58 Å². The van der Waals surface area contributed by atoms with Crippen LogP contribution in [0.2, 0.25) is 0 Å². The maximum atomic E-state index is 11.0. The summed E-state index contributed by atoms with van der Waals surface area (Å²) < 4.78 is 0. The van der Waals surface area contributed by atoms with Gasteiger partial charge in [0.1, 0.15) is 0 Å². The highest BCUT2D eigenvalue weighted by molar-refractivity contribution is 5.90. The molecule has 1 atom stereocenters. The van der Waals surface area contributed by atoms with E-state index in [1.165, 1.54) is 0 Å². The first-order valence-corrected chi connectivity index (χ1v) is 4.55. The Morgan fingerprint density at radius 1 is 1.75 bits per heavy atom. The van der Waals surface area contributed by atoms with Crippen LogP contribution in [-0.2, 0) is 4.79 Å². The van der Waals surface area contributed by atoms with E-state index in [1.807, 2.05) is 6.08 Å². The molecule has 66 valence electrons. The van der Waals surface area contributed by atoms with Gasteiger partial charge >= 0.3 is 0 Å². The molecule has 0 aliphatic heterocycles. The van der Waals surface area contributed by atoms with Gasteiger partial charge < -0.3 is 0 Å². The molecule has 0 saturated carbocycles. The van der Waals surface area contributed by atoms with Crippen LogP contribution in [0.4, 0.5) is 0 Å². The molecular weight excluding hydrogens is 148 g/mol. The van der Waals surface area contributed by atoms with Crippen molar-refractivity contribution in [1.29, 1.82) is 0 Å². The Morgan fingerprint density at radius 2 is 2.50 bits per heavy atom. The fourth-order valence-electron chi connectivity index (χ4n) is 1.71. The molecule has 12 heavy (non-hydrogen) atoms. The van der Waals surface area contributed by atoms with Gasteiger partial charge in [0.05, 0.1) is 0 Å². The van der Waals surface area contributed by atoms with Gasteiger partial charge in [-0.25, -0.2) is 0 Å². The van der Waals surface area contributed by atoms with E-state index >= 15 is 0 Å². The van der Waals surface area contributed by atoms with Gasteiger partial charge in [-0.2, -0.15) is 0 Å². The number of hydrogen-bond donors (Lipinski definition) is 0. The number of carbonyl (C=O) groups excluding carboxylic acids is 1. The first kappa shape index (κ1) is 9.24. The Hall–Kier alpha value is -0.850. The van der Waals surface area contributed by atoms with E-state index in [2.05, 4.69) is 19.6 Å². The summed E-state index contributed by atoms with van der Waals surface area (Å²) in [5, 5.41) is 0. The topological polar surface area (TPSA) is 17.1 Å². The Bertz CT molecular complexity index is 215. The summed E-state index contributed by atoms with van der Waals surface area (Å²) in [6.07, 6.45) is 9.54. The Balaban J connectivity index is 2.74. The highest BCUT2D eigenvalue weighted by Crippen LogP contribution is 2.36. The molecule has 0 fully saturated rings. The van der Waals surface area contributed by atoms with E-state index in [0.717, 1.165) is 19.3 Å². The van der Waals surface area contributed by atoms with Gasteiger partial charge in [0.25, 0.3) is 0 Å². The Kier molecular flexibility index (Phi) is 2.85. The second kappa shape index (κ2) is 3.70. The van der Waals surface area contributed by atoms with Gasteiger partial charge in [-0.05, 0) is 30.8 Å². The van der Waals surface area contributed by atoms with Crippen molar-refractivity contribution in [1.82, 2.24) is 0 Å². The molecule has 0 N–H and O–H groups in total. The Labute approximate surface area is 74.2 Å². The molecule has 0 heterocycles. The normalized spacial score (nSPS) is 28.9. The molecule has 0 saturated heterocycles. The van der Waals surface area contributed by atoms with Crippen molar-refractivity contribution >= 4 is 5.78 Å². The number of ketones is 1. The minimum atomic E-state index is 0.232. The van der Waals surface area contributed by atoms with Crippen molar-refractivity contribution in [2.24, 2.45) is 5.41 Å². The fourth-order valence-corrected chi connectivity index (χ4v) is 1.71. The van der Waals surface area contributed by atoms with Gasteiger partial charge in [0.2, 0.25) is 0 Å². The van der Waals surface area contributed by atoms with Crippen LogP contribution in [0.3, 0.4) is 0 Å². The summed E-state index contributed by atoms with van der Waals surface area (Å²) >= 11 is 0. The number of allylic oxidation sites excluding steroid dienone is 3. The molecule has 0 radical (unpaired) electrons. The number of rotatable bonds is 3.